The fourth-order valence-corrected chi connectivity index (χ4v) is 2.29. The Labute approximate surface area is 127 Å². The van der Waals surface area contributed by atoms with Gasteiger partial charge in [0.25, 0.3) is 0 Å². The quantitative estimate of drug-likeness (QED) is 0.865. The Kier molecular flexibility index (Phi) is 4.97. The first-order chi connectivity index (χ1) is 9.47. The van der Waals surface area contributed by atoms with Crippen LogP contribution >= 0.6 is 23.2 Å². The van der Waals surface area contributed by atoms with Crippen molar-refractivity contribution in [3.8, 4) is 0 Å². The average molecular weight is 313 g/mol. The van der Waals surface area contributed by atoms with Crippen LogP contribution in [-0.4, -0.2) is 4.98 Å². The molecule has 2 unspecified atom stereocenters. The lowest BCUT2D eigenvalue weighted by Gasteiger charge is -2.20. The summed E-state index contributed by atoms with van der Waals surface area (Å²) in [5.74, 6) is -0.335. The average Bonchev–Trinajstić information content (AvgIpc) is 2.42. The Morgan fingerprint density at radius 2 is 1.80 bits per heavy atom. The Hall–Kier alpha value is -1.16. The molecule has 2 aromatic rings. The van der Waals surface area contributed by atoms with Crippen molar-refractivity contribution >= 4 is 23.2 Å². The SMILES string of the molecule is CC(NC(C)c1ccc(F)cn1)c1ccc(Cl)c(Cl)c1. The van der Waals surface area contributed by atoms with E-state index in [1.165, 1.54) is 12.3 Å². The molecule has 1 aromatic heterocycles. The minimum atomic E-state index is -0.335. The molecule has 2 atom stereocenters. The van der Waals surface area contributed by atoms with Gasteiger partial charge in [-0.25, -0.2) is 4.39 Å². The fraction of sp³-hybridized carbons (Fsp3) is 0.267. The van der Waals surface area contributed by atoms with Crippen LogP contribution in [0.5, 0.6) is 0 Å². The summed E-state index contributed by atoms with van der Waals surface area (Å²) >= 11 is 11.9. The van der Waals surface area contributed by atoms with Crippen molar-refractivity contribution in [3.63, 3.8) is 0 Å². The van der Waals surface area contributed by atoms with E-state index in [-0.39, 0.29) is 17.9 Å². The molecule has 0 saturated heterocycles. The summed E-state index contributed by atoms with van der Waals surface area (Å²) < 4.78 is 12.8. The third kappa shape index (κ3) is 3.69. The number of benzene rings is 1. The second-order valence-electron chi connectivity index (χ2n) is 4.68. The molecule has 1 N–H and O–H groups in total. The fourth-order valence-electron chi connectivity index (χ4n) is 1.98. The molecule has 0 aliphatic rings. The molecular formula is C15H15Cl2FN2. The third-order valence-electron chi connectivity index (χ3n) is 3.14. The highest BCUT2D eigenvalue weighted by Crippen LogP contribution is 2.26. The van der Waals surface area contributed by atoms with Gasteiger partial charge in [0.05, 0.1) is 21.9 Å². The number of halogens is 3. The zero-order valence-electron chi connectivity index (χ0n) is 11.2. The molecular weight excluding hydrogens is 298 g/mol. The van der Waals surface area contributed by atoms with Gasteiger partial charge in [-0.1, -0.05) is 29.3 Å². The van der Waals surface area contributed by atoms with Gasteiger partial charge in [0.1, 0.15) is 5.82 Å². The van der Waals surface area contributed by atoms with Gasteiger partial charge in [-0.15, -0.1) is 0 Å². The Morgan fingerprint density at radius 1 is 1.05 bits per heavy atom. The van der Waals surface area contributed by atoms with Crippen LogP contribution in [-0.2, 0) is 0 Å². The van der Waals surface area contributed by atoms with Gasteiger partial charge in [0.15, 0.2) is 0 Å². The van der Waals surface area contributed by atoms with Crippen LogP contribution in [0, 0.1) is 5.82 Å². The van der Waals surface area contributed by atoms with E-state index in [0.29, 0.717) is 10.0 Å². The van der Waals surface area contributed by atoms with Crippen LogP contribution in [0.4, 0.5) is 4.39 Å². The van der Waals surface area contributed by atoms with E-state index in [0.717, 1.165) is 11.3 Å². The summed E-state index contributed by atoms with van der Waals surface area (Å²) in [6.07, 6.45) is 1.22. The highest BCUT2D eigenvalue weighted by atomic mass is 35.5. The van der Waals surface area contributed by atoms with Gasteiger partial charge < -0.3 is 5.32 Å². The molecule has 0 aliphatic carbocycles. The van der Waals surface area contributed by atoms with Crippen molar-refractivity contribution in [3.05, 3.63) is 63.6 Å². The normalized spacial score (nSPS) is 14.1. The van der Waals surface area contributed by atoms with E-state index in [1.54, 1.807) is 12.1 Å². The molecule has 0 aliphatic heterocycles. The van der Waals surface area contributed by atoms with E-state index >= 15 is 0 Å². The molecule has 0 radical (unpaired) electrons. The zero-order valence-corrected chi connectivity index (χ0v) is 12.7. The summed E-state index contributed by atoms with van der Waals surface area (Å²) in [6, 6.07) is 8.70. The van der Waals surface area contributed by atoms with Gasteiger partial charge in [-0.3, -0.25) is 4.98 Å². The maximum Gasteiger partial charge on any atom is 0.141 e. The van der Waals surface area contributed by atoms with Crippen LogP contribution in [0.2, 0.25) is 10.0 Å². The largest absolute Gasteiger partial charge is 0.302 e. The van der Waals surface area contributed by atoms with Crippen LogP contribution in [0.1, 0.15) is 37.2 Å². The van der Waals surface area contributed by atoms with Gasteiger partial charge in [-0.2, -0.15) is 0 Å². The molecule has 0 saturated carbocycles. The molecule has 0 bridgehead atoms. The number of rotatable bonds is 4. The third-order valence-corrected chi connectivity index (χ3v) is 3.88. The van der Waals surface area contributed by atoms with E-state index in [4.69, 9.17) is 23.2 Å². The summed E-state index contributed by atoms with van der Waals surface area (Å²) in [7, 11) is 0. The number of hydrogen-bond donors (Lipinski definition) is 1. The summed E-state index contributed by atoms with van der Waals surface area (Å²) in [5, 5.41) is 4.46. The molecule has 5 heteroatoms. The molecule has 106 valence electrons. The first-order valence-electron chi connectivity index (χ1n) is 6.30. The van der Waals surface area contributed by atoms with Crippen molar-refractivity contribution in [2.24, 2.45) is 0 Å². The number of nitrogens with one attached hydrogen (secondary N) is 1. The Bertz CT molecular complexity index is 587. The molecule has 1 aromatic carbocycles. The molecule has 2 rings (SSSR count). The molecule has 2 nitrogen and oxygen atoms in total. The zero-order chi connectivity index (χ0) is 14.7. The van der Waals surface area contributed by atoms with Crippen molar-refractivity contribution < 1.29 is 4.39 Å². The highest BCUT2D eigenvalue weighted by molar-refractivity contribution is 6.42. The maximum absolute atomic E-state index is 12.8. The number of nitrogens with zero attached hydrogens (tertiary/aromatic N) is 1. The maximum atomic E-state index is 12.8. The lowest BCUT2D eigenvalue weighted by atomic mass is 10.1. The van der Waals surface area contributed by atoms with Gasteiger partial charge in [0.2, 0.25) is 0 Å². The second kappa shape index (κ2) is 6.53. The van der Waals surface area contributed by atoms with Crippen LogP contribution in [0.3, 0.4) is 0 Å². The van der Waals surface area contributed by atoms with Crippen molar-refractivity contribution in [2.45, 2.75) is 25.9 Å². The molecule has 1 heterocycles. The molecule has 0 fully saturated rings. The smallest absolute Gasteiger partial charge is 0.141 e. The predicted molar refractivity (Wildman–Crippen MR) is 80.6 cm³/mol. The minimum absolute atomic E-state index is 0.0000496. The van der Waals surface area contributed by atoms with E-state index < -0.39 is 0 Å². The number of pyridine rings is 1. The Balaban J connectivity index is 2.08. The van der Waals surface area contributed by atoms with Gasteiger partial charge >= 0.3 is 0 Å². The molecule has 20 heavy (non-hydrogen) atoms. The lowest BCUT2D eigenvalue weighted by molar-refractivity contribution is 0.484. The number of aromatic nitrogens is 1. The molecule has 0 spiro atoms. The lowest BCUT2D eigenvalue weighted by Crippen LogP contribution is -2.23. The van der Waals surface area contributed by atoms with Gasteiger partial charge in [0, 0.05) is 12.1 Å². The molecule has 0 amide bonds. The van der Waals surface area contributed by atoms with Crippen LogP contribution in [0.15, 0.2) is 36.5 Å². The Morgan fingerprint density at radius 3 is 2.40 bits per heavy atom. The second-order valence-corrected chi connectivity index (χ2v) is 5.50. The van der Waals surface area contributed by atoms with Crippen molar-refractivity contribution in [1.29, 1.82) is 0 Å². The topological polar surface area (TPSA) is 24.9 Å². The van der Waals surface area contributed by atoms with Crippen LogP contribution in [0.25, 0.3) is 0 Å². The monoisotopic (exact) mass is 312 g/mol. The van der Waals surface area contributed by atoms with Crippen molar-refractivity contribution in [2.75, 3.05) is 0 Å². The standard InChI is InChI=1S/C15H15Cl2FN2/c1-9(11-3-5-13(16)14(17)7-11)20-10(2)15-6-4-12(18)8-19-15/h3-10,20H,1-2H3. The first kappa shape index (κ1) is 15.2. The first-order valence-corrected chi connectivity index (χ1v) is 7.05. The number of hydrogen-bond acceptors (Lipinski definition) is 2. The van der Waals surface area contributed by atoms with E-state index in [9.17, 15) is 4.39 Å². The van der Waals surface area contributed by atoms with E-state index in [2.05, 4.69) is 10.3 Å². The predicted octanol–water partition coefficient (Wildman–Crippen LogP) is 4.94. The van der Waals surface area contributed by atoms with Crippen molar-refractivity contribution in [1.82, 2.24) is 10.3 Å². The van der Waals surface area contributed by atoms with E-state index in [1.807, 2.05) is 26.0 Å². The summed E-state index contributed by atoms with van der Waals surface area (Å²) in [4.78, 5) is 4.07. The summed E-state index contributed by atoms with van der Waals surface area (Å²) in [6.45, 7) is 4.01. The highest BCUT2D eigenvalue weighted by Gasteiger charge is 2.13. The van der Waals surface area contributed by atoms with Crippen LogP contribution < -0.4 is 5.32 Å². The van der Waals surface area contributed by atoms with Gasteiger partial charge in [-0.05, 0) is 43.7 Å². The summed E-state index contributed by atoms with van der Waals surface area (Å²) in [5.41, 5.74) is 1.83. The minimum Gasteiger partial charge on any atom is -0.302 e.